The molecule has 1 aliphatic rings. The quantitative estimate of drug-likeness (QED) is 0.787. The van der Waals surface area contributed by atoms with E-state index in [9.17, 15) is 0 Å². The Kier molecular flexibility index (Phi) is 2.56. The summed E-state index contributed by atoms with van der Waals surface area (Å²) in [6, 6.07) is 10.8. The molecule has 3 rings (SSSR count). The Bertz CT molecular complexity index is 492. The minimum atomic E-state index is 0.306. The number of rotatable bonds is 1. The smallest absolute Gasteiger partial charge is 0.0705 e. The van der Waals surface area contributed by atoms with E-state index in [1.54, 1.807) is 0 Å². The topological polar surface area (TPSA) is 34.1 Å². The van der Waals surface area contributed by atoms with Crippen molar-refractivity contribution in [3.63, 3.8) is 0 Å². The van der Waals surface area contributed by atoms with E-state index in [-0.39, 0.29) is 0 Å². The number of pyridine rings is 1. The van der Waals surface area contributed by atoms with Crippen molar-refractivity contribution in [1.29, 1.82) is 0 Å². The Morgan fingerprint density at radius 2 is 2.31 bits per heavy atom. The van der Waals surface area contributed by atoms with Gasteiger partial charge in [-0.25, -0.2) is 0 Å². The number of hydrogen-bond donors (Lipinski definition) is 1. The van der Waals surface area contributed by atoms with Crippen LogP contribution in [-0.4, -0.2) is 24.7 Å². The number of fused-ring (bicyclic) bond motifs is 1. The lowest BCUT2D eigenvalue weighted by Crippen LogP contribution is -2.34. The molecule has 1 N–H and O–H groups in total. The molecule has 1 atom stereocenters. The van der Waals surface area contributed by atoms with Crippen LogP contribution in [-0.2, 0) is 4.74 Å². The molecule has 3 nitrogen and oxygen atoms in total. The average Bonchev–Trinajstić information content (AvgIpc) is 2.39. The van der Waals surface area contributed by atoms with Crippen LogP contribution in [0.2, 0.25) is 0 Å². The largest absolute Gasteiger partial charge is 0.378 e. The van der Waals surface area contributed by atoms with E-state index in [2.05, 4.69) is 34.6 Å². The zero-order chi connectivity index (χ0) is 10.8. The van der Waals surface area contributed by atoms with Gasteiger partial charge in [0.2, 0.25) is 0 Å². The van der Waals surface area contributed by atoms with Gasteiger partial charge in [0.1, 0.15) is 0 Å². The minimum Gasteiger partial charge on any atom is -0.378 e. The van der Waals surface area contributed by atoms with Crippen molar-refractivity contribution in [2.45, 2.75) is 6.04 Å². The summed E-state index contributed by atoms with van der Waals surface area (Å²) in [4.78, 5) is 4.37. The molecule has 1 fully saturated rings. The Balaban J connectivity index is 1.97. The maximum Gasteiger partial charge on any atom is 0.0705 e. The molecule has 2 heterocycles. The molecular weight excluding hydrogens is 200 g/mol. The summed E-state index contributed by atoms with van der Waals surface area (Å²) < 4.78 is 5.47. The van der Waals surface area contributed by atoms with Gasteiger partial charge in [-0.05, 0) is 17.7 Å². The minimum absolute atomic E-state index is 0.306. The van der Waals surface area contributed by atoms with E-state index in [4.69, 9.17) is 4.74 Å². The zero-order valence-electron chi connectivity index (χ0n) is 9.02. The van der Waals surface area contributed by atoms with Gasteiger partial charge < -0.3 is 10.1 Å². The molecule has 16 heavy (non-hydrogen) atoms. The van der Waals surface area contributed by atoms with Gasteiger partial charge in [0, 0.05) is 18.1 Å². The zero-order valence-corrected chi connectivity index (χ0v) is 9.02. The van der Waals surface area contributed by atoms with E-state index >= 15 is 0 Å². The summed E-state index contributed by atoms with van der Waals surface area (Å²) >= 11 is 0. The summed E-state index contributed by atoms with van der Waals surface area (Å²) in [5.41, 5.74) is 2.30. The van der Waals surface area contributed by atoms with Crippen LogP contribution in [0.15, 0.2) is 36.5 Å². The molecule has 0 aliphatic carbocycles. The van der Waals surface area contributed by atoms with Crippen LogP contribution < -0.4 is 5.32 Å². The van der Waals surface area contributed by atoms with Gasteiger partial charge in [0.05, 0.1) is 24.8 Å². The predicted molar refractivity (Wildman–Crippen MR) is 63.3 cm³/mol. The molecule has 1 aromatic heterocycles. The van der Waals surface area contributed by atoms with Crippen LogP contribution in [0.3, 0.4) is 0 Å². The first-order valence-electron chi connectivity index (χ1n) is 5.59. The van der Waals surface area contributed by atoms with Crippen molar-refractivity contribution in [3.05, 3.63) is 42.1 Å². The molecule has 1 aromatic carbocycles. The molecule has 2 aromatic rings. The Morgan fingerprint density at radius 3 is 3.19 bits per heavy atom. The number of nitrogens with one attached hydrogen (secondary N) is 1. The highest BCUT2D eigenvalue weighted by Gasteiger charge is 2.15. The normalized spacial score (nSPS) is 21.1. The van der Waals surface area contributed by atoms with E-state index in [1.807, 2.05) is 12.3 Å². The molecular formula is C13H14N2O. The van der Waals surface area contributed by atoms with Gasteiger partial charge in [-0.1, -0.05) is 18.2 Å². The highest BCUT2D eigenvalue weighted by Crippen LogP contribution is 2.20. The van der Waals surface area contributed by atoms with Crippen molar-refractivity contribution in [1.82, 2.24) is 10.3 Å². The first kappa shape index (κ1) is 9.75. The number of nitrogens with zero attached hydrogens (tertiary/aromatic N) is 1. The van der Waals surface area contributed by atoms with Gasteiger partial charge in [0.15, 0.2) is 0 Å². The lowest BCUT2D eigenvalue weighted by molar-refractivity contribution is 0.0769. The average molecular weight is 214 g/mol. The van der Waals surface area contributed by atoms with E-state index in [1.165, 1.54) is 10.9 Å². The second-order valence-electron chi connectivity index (χ2n) is 4.04. The summed E-state index contributed by atoms with van der Waals surface area (Å²) in [6.07, 6.45) is 1.83. The first-order chi connectivity index (χ1) is 7.93. The van der Waals surface area contributed by atoms with Crippen LogP contribution in [0.25, 0.3) is 10.9 Å². The molecule has 3 heteroatoms. The van der Waals surface area contributed by atoms with E-state index in [0.29, 0.717) is 6.04 Å². The van der Waals surface area contributed by atoms with Crippen molar-refractivity contribution in [2.24, 2.45) is 0 Å². The molecule has 1 saturated heterocycles. The first-order valence-corrected chi connectivity index (χ1v) is 5.59. The molecule has 1 aliphatic heterocycles. The number of morpholine rings is 1. The molecule has 1 unspecified atom stereocenters. The Labute approximate surface area is 94.5 Å². The summed E-state index contributed by atoms with van der Waals surface area (Å²) in [7, 11) is 0. The lowest BCUT2D eigenvalue weighted by Gasteiger charge is -2.24. The van der Waals surface area contributed by atoms with Gasteiger partial charge in [0.25, 0.3) is 0 Å². The maximum atomic E-state index is 5.47. The van der Waals surface area contributed by atoms with Crippen LogP contribution in [0.1, 0.15) is 11.6 Å². The highest BCUT2D eigenvalue weighted by molar-refractivity contribution is 5.78. The van der Waals surface area contributed by atoms with Crippen LogP contribution in [0.4, 0.5) is 0 Å². The van der Waals surface area contributed by atoms with Gasteiger partial charge in [-0.3, -0.25) is 4.98 Å². The van der Waals surface area contributed by atoms with Gasteiger partial charge in [-0.15, -0.1) is 0 Å². The molecule has 0 saturated carbocycles. The standard InChI is InChI=1S/C13H14N2O/c1-2-10-3-4-11(8-12(10)14-5-1)13-9-16-7-6-15-13/h1-5,8,13,15H,6-7,9H2. The van der Waals surface area contributed by atoms with Gasteiger partial charge in [-0.2, -0.15) is 0 Å². The third-order valence-corrected chi connectivity index (χ3v) is 2.95. The number of hydrogen-bond acceptors (Lipinski definition) is 3. The molecule has 0 spiro atoms. The SMILES string of the molecule is c1cnc2cc(C3COCCN3)ccc2c1. The summed E-state index contributed by atoms with van der Waals surface area (Å²) in [5, 5.41) is 4.63. The lowest BCUT2D eigenvalue weighted by atomic mass is 10.0. The predicted octanol–water partition coefficient (Wildman–Crippen LogP) is 1.90. The molecule has 0 radical (unpaired) electrons. The third kappa shape index (κ3) is 1.79. The van der Waals surface area contributed by atoms with Crippen LogP contribution in [0.5, 0.6) is 0 Å². The molecule has 82 valence electrons. The van der Waals surface area contributed by atoms with Crippen molar-refractivity contribution in [2.75, 3.05) is 19.8 Å². The van der Waals surface area contributed by atoms with Crippen molar-refractivity contribution in [3.8, 4) is 0 Å². The van der Waals surface area contributed by atoms with Crippen molar-refractivity contribution >= 4 is 10.9 Å². The fraction of sp³-hybridized carbons (Fsp3) is 0.308. The van der Waals surface area contributed by atoms with Crippen LogP contribution >= 0.6 is 0 Å². The van der Waals surface area contributed by atoms with Crippen LogP contribution in [0, 0.1) is 0 Å². The Morgan fingerprint density at radius 1 is 1.31 bits per heavy atom. The fourth-order valence-electron chi connectivity index (χ4n) is 2.08. The summed E-state index contributed by atoms with van der Waals surface area (Å²) in [6.45, 7) is 2.48. The monoisotopic (exact) mass is 214 g/mol. The number of ether oxygens (including phenoxy) is 1. The molecule has 0 amide bonds. The maximum absolute atomic E-state index is 5.47. The Hall–Kier alpha value is -1.45. The molecule has 0 bridgehead atoms. The number of aromatic nitrogens is 1. The van der Waals surface area contributed by atoms with E-state index in [0.717, 1.165) is 25.3 Å². The van der Waals surface area contributed by atoms with Crippen molar-refractivity contribution < 1.29 is 4.74 Å². The summed E-state index contributed by atoms with van der Waals surface area (Å²) in [5.74, 6) is 0. The third-order valence-electron chi connectivity index (χ3n) is 2.95. The second-order valence-corrected chi connectivity index (χ2v) is 4.04. The number of benzene rings is 1. The second kappa shape index (κ2) is 4.20. The van der Waals surface area contributed by atoms with E-state index < -0.39 is 0 Å². The highest BCUT2D eigenvalue weighted by atomic mass is 16.5. The fourth-order valence-corrected chi connectivity index (χ4v) is 2.08. The van der Waals surface area contributed by atoms with Gasteiger partial charge >= 0.3 is 0 Å².